The standard InChI is InChI=1S/C16H17NO3/c18-13(16(8-9-16)14(19)20)17-10-15(6-3-7-15)11-4-1-2-5-12(11)17/h1-2,4-5H,3,6-10H2,(H,19,20). The number of benzene rings is 1. The summed E-state index contributed by atoms with van der Waals surface area (Å²) in [5.74, 6) is -1.17. The summed E-state index contributed by atoms with van der Waals surface area (Å²) >= 11 is 0. The first-order chi connectivity index (χ1) is 9.59. The van der Waals surface area contributed by atoms with E-state index in [9.17, 15) is 14.7 Å². The summed E-state index contributed by atoms with van der Waals surface area (Å²) in [6, 6.07) is 7.99. The second kappa shape index (κ2) is 3.62. The van der Waals surface area contributed by atoms with Crippen LogP contribution in [0.1, 0.15) is 37.7 Å². The largest absolute Gasteiger partial charge is 0.480 e. The molecule has 0 atom stereocenters. The van der Waals surface area contributed by atoms with Gasteiger partial charge in [0.15, 0.2) is 0 Å². The maximum atomic E-state index is 12.7. The zero-order valence-electron chi connectivity index (χ0n) is 11.3. The zero-order chi connectivity index (χ0) is 14.0. The summed E-state index contributed by atoms with van der Waals surface area (Å²) < 4.78 is 0. The number of carbonyl (C=O) groups excluding carboxylic acids is 1. The first-order valence-electron chi connectivity index (χ1n) is 7.24. The summed E-state index contributed by atoms with van der Waals surface area (Å²) in [7, 11) is 0. The quantitative estimate of drug-likeness (QED) is 0.840. The van der Waals surface area contributed by atoms with Gasteiger partial charge in [0.2, 0.25) is 5.91 Å². The van der Waals surface area contributed by atoms with Crippen LogP contribution in [0.2, 0.25) is 0 Å². The molecule has 1 N–H and O–H groups in total. The van der Waals surface area contributed by atoms with Crippen LogP contribution in [0.4, 0.5) is 5.69 Å². The molecule has 4 heteroatoms. The van der Waals surface area contributed by atoms with E-state index in [0.29, 0.717) is 19.4 Å². The smallest absolute Gasteiger partial charge is 0.319 e. The zero-order valence-corrected chi connectivity index (χ0v) is 11.3. The minimum Gasteiger partial charge on any atom is -0.480 e. The van der Waals surface area contributed by atoms with E-state index >= 15 is 0 Å². The summed E-state index contributed by atoms with van der Waals surface area (Å²) in [4.78, 5) is 25.8. The van der Waals surface area contributed by atoms with Gasteiger partial charge in [0.25, 0.3) is 0 Å². The number of fused-ring (bicyclic) bond motifs is 2. The van der Waals surface area contributed by atoms with Crippen molar-refractivity contribution in [3.63, 3.8) is 0 Å². The van der Waals surface area contributed by atoms with Crippen LogP contribution in [-0.4, -0.2) is 23.5 Å². The van der Waals surface area contributed by atoms with Crippen molar-refractivity contribution < 1.29 is 14.7 Å². The summed E-state index contributed by atoms with van der Waals surface area (Å²) in [5, 5.41) is 9.34. The van der Waals surface area contributed by atoms with Gasteiger partial charge >= 0.3 is 5.97 Å². The van der Waals surface area contributed by atoms with Crippen LogP contribution in [0.15, 0.2) is 24.3 Å². The molecule has 1 heterocycles. The van der Waals surface area contributed by atoms with E-state index in [-0.39, 0.29) is 11.3 Å². The van der Waals surface area contributed by atoms with Crippen molar-refractivity contribution >= 4 is 17.6 Å². The minimum atomic E-state index is -1.14. The van der Waals surface area contributed by atoms with Gasteiger partial charge in [0.05, 0.1) is 0 Å². The number of carboxylic acids is 1. The predicted octanol–water partition coefficient (Wildman–Crippen LogP) is 2.32. The summed E-state index contributed by atoms with van der Waals surface area (Å²) in [6.07, 6.45) is 4.36. The number of hydrogen-bond acceptors (Lipinski definition) is 2. The number of anilines is 1. The Morgan fingerprint density at radius 1 is 1.10 bits per heavy atom. The third-order valence-corrected chi connectivity index (χ3v) is 5.35. The Bertz CT molecular complexity index is 614. The van der Waals surface area contributed by atoms with Crippen LogP contribution in [0.5, 0.6) is 0 Å². The molecule has 0 aromatic heterocycles. The number of carboxylic acid groups (broad SMARTS) is 1. The highest BCUT2D eigenvalue weighted by molar-refractivity contribution is 6.13. The molecule has 0 bridgehead atoms. The lowest BCUT2D eigenvalue weighted by atomic mass is 9.66. The molecular formula is C16H17NO3. The summed E-state index contributed by atoms with van der Waals surface area (Å²) in [6.45, 7) is 0.667. The van der Waals surface area contributed by atoms with E-state index in [1.54, 1.807) is 4.90 Å². The van der Waals surface area contributed by atoms with Crippen LogP contribution in [0.25, 0.3) is 0 Å². The number of rotatable bonds is 2. The molecule has 1 amide bonds. The Hall–Kier alpha value is -1.84. The highest BCUT2D eigenvalue weighted by atomic mass is 16.4. The normalized spacial score (nSPS) is 24.1. The Labute approximate surface area is 117 Å². The molecule has 2 fully saturated rings. The molecule has 4 rings (SSSR count). The molecule has 2 aliphatic carbocycles. The van der Waals surface area contributed by atoms with E-state index in [4.69, 9.17) is 0 Å². The number of aliphatic carboxylic acids is 1. The molecule has 4 nitrogen and oxygen atoms in total. The van der Waals surface area contributed by atoms with Crippen LogP contribution < -0.4 is 4.90 Å². The van der Waals surface area contributed by atoms with E-state index in [2.05, 4.69) is 6.07 Å². The molecule has 1 aromatic rings. The molecule has 20 heavy (non-hydrogen) atoms. The molecular weight excluding hydrogens is 254 g/mol. The number of nitrogens with zero attached hydrogens (tertiary/aromatic N) is 1. The molecule has 0 radical (unpaired) electrons. The lowest BCUT2D eigenvalue weighted by Crippen LogP contribution is -2.45. The fraction of sp³-hybridized carbons (Fsp3) is 0.500. The highest BCUT2D eigenvalue weighted by Crippen LogP contribution is 2.55. The Balaban J connectivity index is 1.74. The van der Waals surface area contributed by atoms with Gasteiger partial charge in [-0.05, 0) is 37.3 Å². The first kappa shape index (κ1) is 11.9. The lowest BCUT2D eigenvalue weighted by Gasteiger charge is -2.39. The molecule has 1 spiro atoms. The average Bonchev–Trinajstić information content (AvgIpc) is 3.13. The average molecular weight is 271 g/mol. The minimum absolute atomic E-state index is 0.0981. The molecule has 0 unspecified atom stereocenters. The van der Waals surface area contributed by atoms with Crippen molar-refractivity contribution in [1.82, 2.24) is 0 Å². The van der Waals surface area contributed by atoms with Crippen LogP contribution in [0, 0.1) is 5.41 Å². The Morgan fingerprint density at radius 3 is 2.35 bits per heavy atom. The molecule has 1 aromatic carbocycles. The first-order valence-corrected chi connectivity index (χ1v) is 7.24. The Kier molecular flexibility index (Phi) is 2.16. The topological polar surface area (TPSA) is 57.6 Å². The second-order valence-corrected chi connectivity index (χ2v) is 6.43. The number of hydrogen-bond donors (Lipinski definition) is 1. The van der Waals surface area contributed by atoms with Gasteiger partial charge < -0.3 is 10.0 Å². The van der Waals surface area contributed by atoms with Crippen LogP contribution in [-0.2, 0) is 15.0 Å². The summed E-state index contributed by atoms with van der Waals surface area (Å²) in [5.41, 5.74) is 1.13. The van der Waals surface area contributed by atoms with Gasteiger partial charge in [-0.15, -0.1) is 0 Å². The van der Waals surface area contributed by atoms with Crippen LogP contribution >= 0.6 is 0 Å². The van der Waals surface area contributed by atoms with Crippen molar-refractivity contribution in [3.8, 4) is 0 Å². The van der Waals surface area contributed by atoms with Crippen molar-refractivity contribution in [1.29, 1.82) is 0 Å². The molecule has 0 saturated heterocycles. The molecule has 104 valence electrons. The van der Waals surface area contributed by atoms with E-state index in [1.165, 1.54) is 12.0 Å². The highest BCUT2D eigenvalue weighted by Gasteiger charge is 2.61. The third-order valence-electron chi connectivity index (χ3n) is 5.35. The van der Waals surface area contributed by atoms with Crippen molar-refractivity contribution in [2.75, 3.05) is 11.4 Å². The fourth-order valence-corrected chi connectivity index (χ4v) is 3.75. The second-order valence-electron chi connectivity index (χ2n) is 6.43. The van der Waals surface area contributed by atoms with Gasteiger partial charge in [0.1, 0.15) is 5.41 Å². The third kappa shape index (κ3) is 1.31. The van der Waals surface area contributed by atoms with Gasteiger partial charge in [0, 0.05) is 17.6 Å². The monoisotopic (exact) mass is 271 g/mol. The number of carbonyl (C=O) groups is 2. The molecule has 1 aliphatic heterocycles. The fourth-order valence-electron chi connectivity index (χ4n) is 3.75. The Morgan fingerprint density at radius 2 is 1.80 bits per heavy atom. The van der Waals surface area contributed by atoms with E-state index in [0.717, 1.165) is 18.5 Å². The van der Waals surface area contributed by atoms with Gasteiger partial charge in [-0.1, -0.05) is 24.6 Å². The number of para-hydroxylation sites is 1. The maximum Gasteiger partial charge on any atom is 0.319 e. The maximum absolute atomic E-state index is 12.7. The van der Waals surface area contributed by atoms with Crippen molar-refractivity contribution in [3.05, 3.63) is 29.8 Å². The van der Waals surface area contributed by atoms with Gasteiger partial charge in [-0.25, -0.2) is 0 Å². The molecule has 2 saturated carbocycles. The van der Waals surface area contributed by atoms with E-state index in [1.807, 2.05) is 18.2 Å². The van der Waals surface area contributed by atoms with Crippen molar-refractivity contribution in [2.24, 2.45) is 5.41 Å². The van der Waals surface area contributed by atoms with Gasteiger partial charge in [-0.2, -0.15) is 0 Å². The van der Waals surface area contributed by atoms with Crippen molar-refractivity contribution in [2.45, 2.75) is 37.5 Å². The number of amides is 1. The van der Waals surface area contributed by atoms with E-state index < -0.39 is 11.4 Å². The lowest BCUT2D eigenvalue weighted by molar-refractivity contribution is -0.148. The van der Waals surface area contributed by atoms with Gasteiger partial charge in [-0.3, -0.25) is 9.59 Å². The SMILES string of the molecule is O=C(O)C1(C(=O)N2CC3(CCC3)c3ccccc32)CC1. The predicted molar refractivity (Wildman–Crippen MR) is 73.6 cm³/mol. The molecule has 3 aliphatic rings. The van der Waals surface area contributed by atoms with Crippen LogP contribution in [0.3, 0.4) is 0 Å².